The van der Waals surface area contributed by atoms with Gasteiger partial charge in [-0.1, -0.05) is 0 Å². The van der Waals surface area contributed by atoms with E-state index in [1.807, 2.05) is 6.08 Å². The van der Waals surface area contributed by atoms with Crippen LogP contribution in [0.1, 0.15) is 27.2 Å². The molecule has 0 saturated heterocycles. The molecule has 1 rings (SSSR count). The molecule has 0 radical (unpaired) electrons. The zero-order chi connectivity index (χ0) is 22.6. The number of carbonyl (C=O) groups excluding carboxylic acids is 3. The molecule has 6 nitrogen and oxygen atoms in total. The molecule has 0 aliphatic heterocycles. The van der Waals surface area contributed by atoms with Crippen LogP contribution in [-0.4, -0.2) is 34.8 Å². The zero-order valence-electron chi connectivity index (χ0n) is 18.7. The number of hydrogen-bond donors (Lipinski definition) is 0. The van der Waals surface area contributed by atoms with Gasteiger partial charge in [0, 0.05) is 0 Å². The van der Waals surface area contributed by atoms with Gasteiger partial charge in [-0.15, -0.1) is 0 Å². The van der Waals surface area contributed by atoms with Gasteiger partial charge in [-0.2, -0.15) is 0 Å². The third-order valence-corrected chi connectivity index (χ3v) is 15.9. The summed E-state index contributed by atoms with van der Waals surface area (Å²) in [5.74, 6) is -1.92. The zero-order valence-corrected chi connectivity index (χ0v) is 23.0. The van der Waals surface area contributed by atoms with E-state index in [1.54, 1.807) is 0 Å². The Morgan fingerprint density at radius 2 is 1.48 bits per heavy atom. The van der Waals surface area contributed by atoms with Gasteiger partial charge in [-0.05, 0) is 0 Å². The minimum atomic E-state index is -3.92. The number of rotatable bonds is 9. The number of hydrogen-bond acceptors (Lipinski definition) is 6. The fourth-order valence-corrected chi connectivity index (χ4v) is 16.8. The van der Waals surface area contributed by atoms with Crippen molar-refractivity contribution in [1.82, 2.24) is 0 Å². The molecular formula is C20H34O6PtSi2. The molecule has 0 spiro atoms. The molecule has 0 fully saturated rings. The van der Waals surface area contributed by atoms with Crippen molar-refractivity contribution >= 4 is 34.8 Å². The molecular weight excluding hydrogens is 587 g/mol. The summed E-state index contributed by atoms with van der Waals surface area (Å²) in [6.07, 6.45) is 4.94. The van der Waals surface area contributed by atoms with Gasteiger partial charge in [-0.25, -0.2) is 0 Å². The molecule has 9 heteroatoms. The van der Waals surface area contributed by atoms with Crippen LogP contribution in [0.5, 0.6) is 0 Å². The van der Waals surface area contributed by atoms with E-state index in [2.05, 4.69) is 41.7 Å². The molecule has 0 unspecified atom stereocenters. The first-order valence-electron chi connectivity index (χ1n) is 9.12. The summed E-state index contributed by atoms with van der Waals surface area (Å²) < 4.78 is 17.8. The van der Waals surface area contributed by atoms with E-state index in [-0.39, 0.29) is 6.04 Å². The van der Waals surface area contributed by atoms with E-state index in [4.69, 9.17) is 13.3 Å². The fraction of sp³-hybridized carbons (Fsp3) is 0.550. The second-order valence-corrected chi connectivity index (χ2v) is 26.7. The van der Waals surface area contributed by atoms with Gasteiger partial charge < -0.3 is 0 Å². The molecule has 0 bridgehead atoms. The van der Waals surface area contributed by atoms with Crippen molar-refractivity contribution < 1.29 is 43.7 Å². The van der Waals surface area contributed by atoms with Crippen LogP contribution >= 0.6 is 0 Å². The molecule has 0 N–H and O–H groups in total. The van der Waals surface area contributed by atoms with Crippen LogP contribution in [0.3, 0.4) is 0 Å². The summed E-state index contributed by atoms with van der Waals surface area (Å²) in [7, 11) is -5.80. The van der Waals surface area contributed by atoms with Gasteiger partial charge in [0.2, 0.25) is 0 Å². The van der Waals surface area contributed by atoms with Gasteiger partial charge in [0.25, 0.3) is 0 Å². The van der Waals surface area contributed by atoms with Crippen molar-refractivity contribution in [1.29, 1.82) is 0 Å². The Morgan fingerprint density at radius 1 is 1.03 bits per heavy atom. The minimum absolute atomic E-state index is 0.120. The topological polar surface area (TPSA) is 78.9 Å². The van der Waals surface area contributed by atoms with Crippen molar-refractivity contribution in [3.63, 3.8) is 0 Å². The van der Waals surface area contributed by atoms with Crippen molar-refractivity contribution in [2.75, 3.05) is 0 Å². The van der Waals surface area contributed by atoms with E-state index in [9.17, 15) is 14.4 Å². The molecule has 0 amide bonds. The maximum atomic E-state index is 11.8. The van der Waals surface area contributed by atoms with Crippen molar-refractivity contribution in [2.45, 2.75) is 68.3 Å². The van der Waals surface area contributed by atoms with Crippen LogP contribution in [0, 0.1) is 0 Å². The summed E-state index contributed by atoms with van der Waals surface area (Å²) in [6.45, 7) is 12.2. The standard InChI is InChI=1S/C17H25O6Si2.3CH3.Pt/c1-7-11-24(5,6)17-10-8-9-16(17)12-25(21-13(2)18,22-14(3)19)23-15(4)20;;;;/h7,9H,1,8,11-12H2,2-6H3;3*1H3;. The van der Waals surface area contributed by atoms with E-state index >= 15 is 0 Å². The first-order chi connectivity index (χ1) is 13.1. The molecule has 1 aliphatic carbocycles. The molecule has 168 valence electrons. The van der Waals surface area contributed by atoms with E-state index < -0.39 is 50.8 Å². The van der Waals surface area contributed by atoms with Gasteiger partial charge >= 0.3 is 180 Å². The van der Waals surface area contributed by atoms with Gasteiger partial charge in [0.05, 0.1) is 0 Å². The van der Waals surface area contributed by atoms with Crippen LogP contribution in [0.25, 0.3) is 0 Å². The van der Waals surface area contributed by atoms with Crippen LogP contribution < -0.4 is 0 Å². The monoisotopic (exact) mass is 621 g/mol. The SMILES string of the molecule is C=CC[Si](C)(C)C1=[C]([Pt]([CH3])([CH3])[CH3])CC=C1C[Si](OC(C)=O)(OC(C)=O)OC(C)=O. The Bertz CT molecular complexity index is 721. The molecule has 0 atom stereocenters. The molecule has 0 aromatic carbocycles. The van der Waals surface area contributed by atoms with Gasteiger partial charge in [-0.3, -0.25) is 0 Å². The van der Waals surface area contributed by atoms with E-state index in [0.717, 1.165) is 18.0 Å². The van der Waals surface area contributed by atoms with Crippen molar-refractivity contribution in [3.8, 4) is 0 Å². The molecule has 29 heavy (non-hydrogen) atoms. The van der Waals surface area contributed by atoms with Gasteiger partial charge in [0.15, 0.2) is 0 Å². The number of carbonyl (C=O) groups is 3. The van der Waals surface area contributed by atoms with Crippen molar-refractivity contribution in [3.05, 3.63) is 33.5 Å². The maximum absolute atomic E-state index is 11.8. The molecule has 0 heterocycles. The van der Waals surface area contributed by atoms with Crippen LogP contribution in [0.4, 0.5) is 0 Å². The Balaban J connectivity index is 3.54. The Morgan fingerprint density at radius 3 is 1.83 bits per heavy atom. The second-order valence-electron chi connectivity index (χ2n) is 8.12. The van der Waals surface area contributed by atoms with Crippen LogP contribution in [0.15, 0.2) is 33.5 Å². The predicted octanol–water partition coefficient (Wildman–Crippen LogP) is 4.93. The van der Waals surface area contributed by atoms with Gasteiger partial charge in [0.1, 0.15) is 0 Å². The normalized spacial score (nSPS) is 15.5. The summed E-state index contributed by atoms with van der Waals surface area (Å²) in [4.78, 5) is 35.4. The summed E-state index contributed by atoms with van der Waals surface area (Å²) >= 11 is -2.09. The van der Waals surface area contributed by atoms with E-state index in [1.165, 1.54) is 29.9 Å². The molecule has 0 aromatic heterocycles. The van der Waals surface area contributed by atoms with E-state index in [0.29, 0.717) is 0 Å². The quantitative estimate of drug-likeness (QED) is 0.269. The van der Waals surface area contributed by atoms with Crippen molar-refractivity contribution in [2.24, 2.45) is 0 Å². The summed E-state index contributed by atoms with van der Waals surface area (Å²) in [5, 5.41) is 8.40. The summed E-state index contributed by atoms with van der Waals surface area (Å²) in [5.41, 5.74) is 0.993. The third kappa shape index (κ3) is 7.19. The predicted molar refractivity (Wildman–Crippen MR) is 116 cm³/mol. The number of allylic oxidation sites excluding steroid dienone is 5. The first kappa shape index (κ1) is 25.8. The Labute approximate surface area is 180 Å². The Kier molecular flexibility index (Phi) is 8.63. The fourth-order valence-electron chi connectivity index (χ4n) is 3.47. The molecule has 0 saturated carbocycles. The average Bonchev–Trinajstić information content (AvgIpc) is 2.88. The van der Waals surface area contributed by atoms with Crippen LogP contribution in [-0.2, 0) is 43.7 Å². The van der Waals surface area contributed by atoms with Crippen LogP contribution in [0.2, 0.25) is 41.1 Å². The first-order valence-corrected chi connectivity index (χ1v) is 22.2. The Hall–Kier alpha value is -1.25. The summed E-state index contributed by atoms with van der Waals surface area (Å²) in [6, 6.07) is 1.03. The molecule has 0 aromatic rings. The molecule has 1 aliphatic rings. The third-order valence-electron chi connectivity index (χ3n) is 4.30. The average molecular weight is 622 g/mol. The second kappa shape index (κ2) is 9.71.